The van der Waals surface area contributed by atoms with Crippen LogP contribution in [0.3, 0.4) is 0 Å². The summed E-state index contributed by atoms with van der Waals surface area (Å²) < 4.78 is 71.9. The van der Waals surface area contributed by atoms with E-state index in [1.54, 1.807) is 0 Å². The topological polar surface area (TPSA) is 128 Å². The number of hydrogen-bond acceptors (Lipinski definition) is 8. The molecule has 1 aliphatic heterocycles. The van der Waals surface area contributed by atoms with Crippen LogP contribution in [0.1, 0.15) is 65.1 Å². The second kappa shape index (κ2) is 11.8. The molecule has 0 unspecified atom stereocenters. The van der Waals surface area contributed by atoms with Gasteiger partial charge in [0, 0.05) is 25.1 Å². The third-order valence-electron chi connectivity index (χ3n) is 8.68. The molecule has 3 heterocycles. The highest BCUT2D eigenvalue weighted by molar-refractivity contribution is 5.86. The number of fused-ring (bicyclic) bond motifs is 3. The van der Waals surface area contributed by atoms with Gasteiger partial charge in [-0.3, -0.25) is 0 Å². The number of alkyl halides is 5. The Labute approximate surface area is 266 Å². The number of carboxylic acid groups (broad SMARTS) is 1. The molecule has 1 saturated heterocycles. The van der Waals surface area contributed by atoms with Crippen molar-refractivity contribution in [1.82, 2.24) is 15.1 Å². The number of rotatable bonds is 8. The number of aromatic carboxylic acids is 1. The van der Waals surface area contributed by atoms with E-state index in [1.165, 1.54) is 35.1 Å². The van der Waals surface area contributed by atoms with Gasteiger partial charge in [-0.2, -0.15) is 18.2 Å². The van der Waals surface area contributed by atoms with Gasteiger partial charge in [-0.15, -0.1) is 0 Å². The monoisotopic (exact) mass is 657 g/mol. The number of ether oxygens (including phenoxy) is 1. The van der Waals surface area contributed by atoms with Crippen LogP contribution in [0.15, 0.2) is 53.2 Å². The molecule has 248 valence electrons. The summed E-state index contributed by atoms with van der Waals surface area (Å²) in [6.07, 6.45) is 0.747. The Kier molecular flexibility index (Phi) is 8.09. The van der Waals surface area contributed by atoms with E-state index >= 15 is 0 Å². The predicted molar refractivity (Wildman–Crippen MR) is 162 cm³/mol. The molecule has 14 heteroatoms. The molecule has 2 aliphatic carbocycles. The number of pyridine rings is 1. The molecular formula is C33H32F5N5O4. The van der Waals surface area contributed by atoms with Crippen molar-refractivity contribution in [3.63, 3.8) is 0 Å². The van der Waals surface area contributed by atoms with Crippen molar-refractivity contribution >= 4 is 17.3 Å². The summed E-state index contributed by atoms with van der Waals surface area (Å²) in [6, 6.07) is 13.8. The molecule has 7 rings (SSSR count). The molecule has 2 fully saturated rings. The lowest BCUT2D eigenvalue weighted by molar-refractivity contribution is -0.153. The van der Waals surface area contributed by atoms with Crippen LogP contribution in [0.5, 0.6) is 5.75 Å². The molecule has 0 amide bonds. The maximum atomic E-state index is 12.8. The standard InChI is InChI=1S/C22H23N3O.C11H9F5N2O3/c1-13-24-21(25-26-13)22(2,12-14-7-8-14)19-10-9-17-16-6-4-3-5-15(16)11-18(17)20(19)23;12-10(13)3-18(4-10)7-2-17-6(9(19)20)1-8(7)21-5-11(14,15)16/h3-6,9-10,14H,7-8,11-12,23H2,1-2H3;1-2H,3-5H2,(H,19,20)/t22-;/m1./s1. The Morgan fingerprint density at radius 1 is 1.15 bits per heavy atom. The number of aryl methyl sites for hydroxylation is 1. The number of nitrogen functional groups attached to an aromatic ring is 1. The van der Waals surface area contributed by atoms with Crippen LogP contribution in [0.25, 0.3) is 11.1 Å². The van der Waals surface area contributed by atoms with Gasteiger partial charge in [-0.25, -0.2) is 18.6 Å². The van der Waals surface area contributed by atoms with Crippen molar-refractivity contribution in [2.75, 3.05) is 30.3 Å². The smallest absolute Gasteiger partial charge is 0.422 e. The number of benzene rings is 2. The Balaban J connectivity index is 0.000000169. The van der Waals surface area contributed by atoms with Crippen LogP contribution < -0.4 is 15.4 Å². The minimum atomic E-state index is -4.64. The molecule has 1 atom stereocenters. The first-order chi connectivity index (χ1) is 22.1. The third kappa shape index (κ3) is 6.72. The number of hydrogen-bond donors (Lipinski definition) is 2. The molecule has 3 N–H and O–H groups in total. The average molecular weight is 658 g/mol. The summed E-state index contributed by atoms with van der Waals surface area (Å²) in [5, 5.41) is 13.0. The van der Waals surface area contributed by atoms with E-state index in [2.05, 4.69) is 63.2 Å². The maximum absolute atomic E-state index is 12.8. The first-order valence-electron chi connectivity index (χ1n) is 15.0. The molecule has 0 radical (unpaired) electrons. The molecule has 47 heavy (non-hydrogen) atoms. The highest BCUT2D eigenvalue weighted by Gasteiger charge is 2.45. The van der Waals surface area contributed by atoms with Crippen molar-refractivity contribution in [1.29, 1.82) is 0 Å². The zero-order chi connectivity index (χ0) is 33.7. The molecule has 2 aromatic heterocycles. The van der Waals surface area contributed by atoms with Gasteiger partial charge in [-0.1, -0.05) is 54.4 Å². The second-order valence-electron chi connectivity index (χ2n) is 12.5. The van der Waals surface area contributed by atoms with Crippen LogP contribution >= 0.6 is 0 Å². The number of aromatic nitrogens is 3. The largest absolute Gasteiger partial charge is 0.482 e. The van der Waals surface area contributed by atoms with Crippen molar-refractivity contribution in [3.05, 3.63) is 82.8 Å². The lowest BCUT2D eigenvalue weighted by Crippen LogP contribution is -2.56. The summed E-state index contributed by atoms with van der Waals surface area (Å²) in [7, 11) is 0. The summed E-state index contributed by atoms with van der Waals surface area (Å²) in [6.45, 7) is 1.02. The molecular weight excluding hydrogens is 625 g/mol. The van der Waals surface area contributed by atoms with Gasteiger partial charge in [0.1, 0.15) is 5.75 Å². The van der Waals surface area contributed by atoms with E-state index in [-0.39, 0.29) is 11.1 Å². The lowest BCUT2D eigenvalue weighted by Gasteiger charge is -2.40. The van der Waals surface area contributed by atoms with Crippen LogP contribution in [0.4, 0.5) is 33.3 Å². The van der Waals surface area contributed by atoms with E-state index in [1.807, 2.05) is 6.92 Å². The summed E-state index contributed by atoms with van der Waals surface area (Å²) >= 11 is 0. The van der Waals surface area contributed by atoms with E-state index in [9.17, 15) is 26.7 Å². The molecule has 9 nitrogen and oxygen atoms in total. The van der Waals surface area contributed by atoms with Crippen LogP contribution in [-0.2, 0) is 11.8 Å². The number of carbonyl (C=O) groups is 1. The molecule has 3 aliphatic rings. The quantitative estimate of drug-likeness (QED) is 0.137. The van der Waals surface area contributed by atoms with Crippen LogP contribution in [0, 0.1) is 12.8 Å². The minimum Gasteiger partial charge on any atom is -0.482 e. The Morgan fingerprint density at radius 2 is 1.87 bits per heavy atom. The number of nitrogens with two attached hydrogens (primary N) is 1. The minimum absolute atomic E-state index is 0.102. The van der Waals surface area contributed by atoms with Crippen molar-refractivity contribution in [2.24, 2.45) is 5.92 Å². The van der Waals surface area contributed by atoms with Gasteiger partial charge >= 0.3 is 12.1 Å². The molecule has 0 bridgehead atoms. The van der Waals surface area contributed by atoms with Gasteiger partial charge < -0.3 is 25.0 Å². The van der Waals surface area contributed by atoms with Gasteiger partial charge in [0.25, 0.3) is 5.92 Å². The van der Waals surface area contributed by atoms with Crippen molar-refractivity contribution < 1.29 is 41.1 Å². The number of anilines is 2. The predicted octanol–water partition coefficient (Wildman–Crippen LogP) is 6.81. The van der Waals surface area contributed by atoms with Gasteiger partial charge in [0.2, 0.25) is 5.89 Å². The van der Waals surface area contributed by atoms with E-state index in [4.69, 9.17) is 15.4 Å². The van der Waals surface area contributed by atoms with Crippen LogP contribution in [-0.4, -0.2) is 58.0 Å². The van der Waals surface area contributed by atoms with E-state index in [0.29, 0.717) is 5.89 Å². The number of halogens is 5. The van der Waals surface area contributed by atoms with Crippen molar-refractivity contribution in [2.45, 2.75) is 57.0 Å². The Hall–Kier alpha value is -4.75. The maximum Gasteiger partial charge on any atom is 0.422 e. The summed E-state index contributed by atoms with van der Waals surface area (Å²) in [5.41, 5.74) is 13.0. The Morgan fingerprint density at radius 3 is 2.49 bits per heavy atom. The average Bonchev–Trinajstić information content (AvgIpc) is 3.55. The summed E-state index contributed by atoms with van der Waals surface area (Å²) in [5.74, 6) is -2.77. The molecule has 1 saturated carbocycles. The highest BCUT2D eigenvalue weighted by Crippen LogP contribution is 2.49. The summed E-state index contributed by atoms with van der Waals surface area (Å²) in [4.78, 5) is 19.9. The SMILES string of the molecule is Cc1nc([C@](C)(CC2CC2)c2ccc3c(c2N)Cc2ccccc2-3)no1.O=C(O)c1cc(OCC(F)(F)F)c(N2CC(F)(F)C2)cn1. The number of nitrogens with zero attached hydrogens (tertiary/aromatic N) is 4. The lowest BCUT2D eigenvalue weighted by atomic mass is 9.75. The third-order valence-corrected chi connectivity index (χ3v) is 8.68. The first kappa shape index (κ1) is 32.2. The fourth-order valence-corrected chi connectivity index (χ4v) is 6.20. The highest BCUT2D eigenvalue weighted by atomic mass is 19.4. The number of carboxylic acids is 1. The molecule has 2 aromatic carbocycles. The fraction of sp³-hybridized carbons (Fsp3) is 0.394. The van der Waals surface area contributed by atoms with Gasteiger partial charge in [-0.05, 0) is 47.1 Å². The van der Waals surface area contributed by atoms with Crippen LogP contribution in [0.2, 0.25) is 0 Å². The normalized spacial score (nSPS) is 17.5. The fourth-order valence-electron chi connectivity index (χ4n) is 6.20. The molecule has 4 aromatic rings. The zero-order valence-electron chi connectivity index (χ0n) is 25.6. The van der Waals surface area contributed by atoms with Gasteiger partial charge in [0.15, 0.2) is 18.1 Å². The second-order valence-corrected chi connectivity index (χ2v) is 12.5. The Bertz CT molecular complexity index is 1820. The van der Waals surface area contributed by atoms with E-state index < -0.39 is 49.2 Å². The first-order valence-corrected chi connectivity index (χ1v) is 15.0. The molecule has 0 spiro atoms. The van der Waals surface area contributed by atoms with Crippen molar-refractivity contribution in [3.8, 4) is 16.9 Å². The zero-order valence-corrected chi connectivity index (χ0v) is 25.6. The van der Waals surface area contributed by atoms with Gasteiger partial charge in [0.05, 0.1) is 30.4 Å². The van der Waals surface area contributed by atoms with E-state index in [0.717, 1.165) is 53.0 Å².